The molecule has 0 radical (unpaired) electrons. The average molecular weight is 265 g/mol. The highest BCUT2D eigenvalue weighted by atomic mass is 16.2. The summed E-state index contributed by atoms with van der Waals surface area (Å²) in [6.07, 6.45) is 4.09. The standard InChI is InChI=1S/C12H19N5O2/c1-2-5-15-11(18)4-7-16-12(19)9-8-14-6-3-10(9)17-13/h3,6,8H,2,4-5,7,13H2,1H3,(H,14,17)(H,15,18)(H,16,19). The number of amides is 2. The van der Waals surface area contributed by atoms with E-state index in [9.17, 15) is 9.59 Å². The van der Waals surface area contributed by atoms with E-state index >= 15 is 0 Å². The number of rotatable bonds is 7. The van der Waals surface area contributed by atoms with Gasteiger partial charge >= 0.3 is 0 Å². The summed E-state index contributed by atoms with van der Waals surface area (Å²) < 4.78 is 0. The summed E-state index contributed by atoms with van der Waals surface area (Å²) in [7, 11) is 0. The van der Waals surface area contributed by atoms with Gasteiger partial charge in [-0.05, 0) is 12.5 Å². The van der Waals surface area contributed by atoms with Gasteiger partial charge in [0.15, 0.2) is 0 Å². The zero-order chi connectivity index (χ0) is 14.1. The zero-order valence-corrected chi connectivity index (χ0v) is 10.9. The Kier molecular flexibility index (Phi) is 6.31. The SMILES string of the molecule is CCCNC(=O)CCNC(=O)c1cnccc1NN. The third-order valence-electron chi connectivity index (χ3n) is 2.43. The predicted molar refractivity (Wildman–Crippen MR) is 72.3 cm³/mol. The molecule has 1 heterocycles. The van der Waals surface area contributed by atoms with Crippen LogP contribution in [0.2, 0.25) is 0 Å². The second kappa shape index (κ2) is 8.04. The van der Waals surface area contributed by atoms with E-state index in [0.29, 0.717) is 17.8 Å². The fraction of sp³-hybridized carbons (Fsp3) is 0.417. The van der Waals surface area contributed by atoms with Crippen LogP contribution in [0, 0.1) is 0 Å². The van der Waals surface area contributed by atoms with E-state index in [0.717, 1.165) is 6.42 Å². The number of nitrogen functional groups attached to an aromatic ring is 1. The van der Waals surface area contributed by atoms with Crippen molar-refractivity contribution in [3.8, 4) is 0 Å². The minimum absolute atomic E-state index is 0.0782. The molecule has 0 aromatic carbocycles. The van der Waals surface area contributed by atoms with Crippen LogP contribution in [0.25, 0.3) is 0 Å². The number of carbonyl (C=O) groups is 2. The molecule has 0 bridgehead atoms. The molecule has 0 atom stereocenters. The Labute approximate surface area is 111 Å². The van der Waals surface area contributed by atoms with Crippen molar-refractivity contribution in [2.75, 3.05) is 18.5 Å². The molecule has 1 aromatic rings. The molecule has 1 rings (SSSR count). The van der Waals surface area contributed by atoms with Crippen molar-refractivity contribution < 1.29 is 9.59 Å². The Morgan fingerprint density at radius 2 is 2.11 bits per heavy atom. The number of carbonyl (C=O) groups excluding carboxylic acids is 2. The van der Waals surface area contributed by atoms with Crippen molar-refractivity contribution in [1.82, 2.24) is 15.6 Å². The maximum absolute atomic E-state index is 11.8. The summed E-state index contributed by atoms with van der Waals surface area (Å²) in [5, 5.41) is 5.38. The largest absolute Gasteiger partial charge is 0.356 e. The van der Waals surface area contributed by atoms with Crippen molar-refractivity contribution in [2.45, 2.75) is 19.8 Å². The van der Waals surface area contributed by atoms with E-state index in [1.807, 2.05) is 6.92 Å². The summed E-state index contributed by atoms with van der Waals surface area (Å²) in [5.74, 6) is 4.90. The van der Waals surface area contributed by atoms with Crippen LogP contribution in [0.1, 0.15) is 30.1 Å². The van der Waals surface area contributed by atoms with Gasteiger partial charge in [-0.3, -0.25) is 20.4 Å². The maximum atomic E-state index is 11.8. The number of hydrogen-bond acceptors (Lipinski definition) is 5. The van der Waals surface area contributed by atoms with Crippen molar-refractivity contribution in [3.63, 3.8) is 0 Å². The number of nitrogens with one attached hydrogen (secondary N) is 3. The third-order valence-corrected chi connectivity index (χ3v) is 2.43. The van der Waals surface area contributed by atoms with Crippen LogP contribution in [0.4, 0.5) is 5.69 Å². The lowest BCUT2D eigenvalue weighted by Gasteiger charge is -2.09. The molecule has 7 heteroatoms. The Balaban J connectivity index is 2.41. The quantitative estimate of drug-likeness (QED) is 0.410. The van der Waals surface area contributed by atoms with Crippen molar-refractivity contribution in [3.05, 3.63) is 24.0 Å². The summed E-state index contributed by atoms with van der Waals surface area (Å²) >= 11 is 0. The summed E-state index contributed by atoms with van der Waals surface area (Å²) in [6, 6.07) is 1.60. The van der Waals surface area contributed by atoms with Crippen molar-refractivity contribution in [1.29, 1.82) is 0 Å². The van der Waals surface area contributed by atoms with Gasteiger partial charge in [-0.1, -0.05) is 6.92 Å². The molecule has 104 valence electrons. The van der Waals surface area contributed by atoms with E-state index in [2.05, 4.69) is 21.0 Å². The van der Waals surface area contributed by atoms with Gasteiger partial charge in [-0.25, -0.2) is 0 Å². The Hall–Kier alpha value is -2.15. The van der Waals surface area contributed by atoms with E-state index in [1.54, 1.807) is 6.07 Å². The number of nitrogens with zero attached hydrogens (tertiary/aromatic N) is 1. The molecule has 0 unspecified atom stereocenters. The molecule has 19 heavy (non-hydrogen) atoms. The van der Waals surface area contributed by atoms with Gasteiger partial charge in [0.25, 0.3) is 5.91 Å². The highest BCUT2D eigenvalue weighted by Gasteiger charge is 2.10. The van der Waals surface area contributed by atoms with Crippen LogP contribution < -0.4 is 21.9 Å². The summed E-state index contributed by atoms with van der Waals surface area (Å²) in [5.41, 5.74) is 3.26. The fourth-order valence-corrected chi connectivity index (χ4v) is 1.44. The second-order valence-electron chi connectivity index (χ2n) is 3.92. The summed E-state index contributed by atoms with van der Waals surface area (Å²) in [4.78, 5) is 27.0. The average Bonchev–Trinajstić information content (AvgIpc) is 2.44. The number of hydrazine groups is 1. The number of nitrogens with two attached hydrogens (primary N) is 1. The molecule has 0 saturated heterocycles. The molecule has 7 nitrogen and oxygen atoms in total. The zero-order valence-electron chi connectivity index (χ0n) is 10.9. The van der Waals surface area contributed by atoms with Crippen LogP contribution in [0.15, 0.2) is 18.5 Å². The first-order valence-corrected chi connectivity index (χ1v) is 6.14. The number of anilines is 1. The van der Waals surface area contributed by atoms with E-state index in [4.69, 9.17) is 5.84 Å². The normalized spacial score (nSPS) is 9.79. The van der Waals surface area contributed by atoms with E-state index < -0.39 is 0 Å². The Morgan fingerprint density at radius 1 is 1.32 bits per heavy atom. The maximum Gasteiger partial charge on any atom is 0.255 e. The lowest BCUT2D eigenvalue weighted by molar-refractivity contribution is -0.120. The molecule has 0 spiro atoms. The van der Waals surface area contributed by atoms with Crippen LogP contribution in [-0.2, 0) is 4.79 Å². The molecule has 5 N–H and O–H groups in total. The summed E-state index contributed by atoms with van der Waals surface area (Å²) in [6.45, 7) is 2.90. The van der Waals surface area contributed by atoms with E-state index in [-0.39, 0.29) is 24.8 Å². The monoisotopic (exact) mass is 265 g/mol. The van der Waals surface area contributed by atoms with Crippen molar-refractivity contribution in [2.24, 2.45) is 5.84 Å². The Morgan fingerprint density at radius 3 is 2.79 bits per heavy atom. The number of pyridine rings is 1. The molecule has 1 aromatic heterocycles. The van der Waals surface area contributed by atoms with Gasteiger partial charge in [-0.15, -0.1) is 0 Å². The fourth-order valence-electron chi connectivity index (χ4n) is 1.44. The molecular weight excluding hydrogens is 246 g/mol. The molecular formula is C12H19N5O2. The van der Waals surface area contributed by atoms with Gasteiger partial charge in [0.1, 0.15) is 0 Å². The lowest BCUT2D eigenvalue weighted by Crippen LogP contribution is -2.31. The van der Waals surface area contributed by atoms with Crippen LogP contribution in [0.5, 0.6) is 0 Å². The van der Waals surface area contributed by atoms with Crippen LogP contribution in [0.3, 0.4) is 0 Å². The van der Waals surface area contributed by atoms with Gasteiger partial charge in [0, 0.05) is 31.9 Å². The highest BCUT2D eigenvalue weighted by Crippen LogP contribution is 2.11. The molecule has 0 saturated carbocycles. The third kappa shape index (κ3) is 4.92. The first-order chi connectivity index (χ1) is 9.19. The smallest absolute Gasteiger partial charge is 0.255 e. The molecule has 0 fully saturated rings. The molecule has 0 aliphatic rings. The van der Waals surface area contributed by atoms with E-state index in [1.165, 1.54) is 12.4 Å². The van der Waals surface area contributed by atoms with Gasteiger partial charge in [0.2, 0.25) is 5.91 Å². The minimum Gasteiger partial charge on any atom is -0.356 e. The number of aromatic nitrogens is 1. The predicted octanol–water partition coefficient (Wildman–Crippen LogP) is 0.0133. The highest BCUT2D eigenvalue weighted by molar-refractivity contribution is 5.99. The van der Waals surface area contributed by atoms with Gasteiger partial charge in [-0.2, -0.15) is 0 Å². The first-order valence-electron chi connectivity index (χ1n) is 6.14. The topological polar surface area (TPSA) is 109 Å². The van der Waals surface area contributed by atoms with Gasteiger partial charge < -0.3 is 16.1 Å². The minimum atomic E-state index is -0.315. The molecule has 0 aliphatic heterocycles. The van der Waals surface area contributed by atoms with Crippen LogP contribution in [-0.4, -0.2) is 29.9 Å². The van der Waals surface area contributed by atoms with Crippen LogP contribution >= 0.6 is 0 Å². The lowest BCUT2D eigenvalue weighted by atomic mass is 10.2. The second-order valence-corrected chi connectivity index (χ2v) is 3.92. The first kappa shape index (κ1) is 14.9. The van der Waals surface area contributed by atoms with Crippen molar-refractivity contribution >= 4 is 17.5 Å². The van der Waals surface area contributed by atoms with Gasteiger partial charge in [0.05, 0.1) is 11.3 Å². The molecule has 2 amide bonds. The Bertz CT molecular complexity index is 436. The molecule has 0 aliphatic carbocycles. The number of hydrogen-bond donors (Lipinski definition) is 4.